The molecule has 2 aromatic carbocycles. The molecule has 36 heavy (non-hydrogen) atoms. The monoisotopic (exact) mass is 478 g/mol. The van der Waals surface area contributed by atoms with Crippen molar-refractivity contribution in [1.29, 1.82) is 5.26 Å². The van der Waals surface area contributed by atoms with E-state index >= 15 is 0 Å². The predicted octanol–water partition coefficient (Wildman–Crippen LogP) is 4.04. The number of nitriles is 1. The van der Waals surface area contributed by atoms with E-state index in [0.29, 0.717) is 11.5 Å². The van der Waals surface area contributed by atoms with Crippen LogP contribution in [0.1, 0.15) is 24.5 Å². The van der Waals surface area contributed by atoms with Crippen molar-refractivity contribution in [2.75, 3.05) is 31.1 Å². The molecule has 7 nitrogen and oxygen atoms in total. The zero-order valence-electron chi connectivity index (χ0n) is 20.4. The van der Waals surface area contributed by atoms with Crippen molar-refractivity contribution in [3.05, 3.63) is 78.2 Å². The average molecular weight is 479 g/mol. The molecule has 1 saturated heterocycles. The second-order valence-corrected chi connectivity index (χ2v) is 9.96. The number of hydrogen-bond acceptors (Lipinski definition) is 5. The highest BCUT2D eigenvalue weighted by Gasteiger charge is 2.25. The van der Waals surface area contributed by atoms with Crippen LogP contribution in [0.5, 0.6) is 0 Å². The van der Waals surface area contributed by atoms with E-state index in [2.05, 4.69) is 55.9 Å². The van der Waals surface area contributed by atoms with Crippen molar-refractivity contribution >= 4 is 5.69 Å². The Bertz CT molecular complexity index is 1430. The topological polar surface area (TPSA) is 82.0 Å². The fourth-order valence-corrected chi connectivity index (χ4v) is 5.39. The van der Waals surface area contributed by atoms with Gasteiger partial charge >= 0.3 is 0 Å². The highest BCUT2D eigenvalue weighted by atomic mass is 16.3. The van der Waals surface area contributed by atoms with Crippen LogP contribution in [0.25, 0.3) is 28.3 Å². The van der Waals surface area contributed by atoms with Crippen LogP contribution in [0, 0.1) is 17.2 Å². The van der Waals surface area contributed by atoms with Crippen LogP contribution in [0.4, 0.5) is 5.69 Å². The predicted molar refractivity (Wildman–Crippen MR) is 141 cm³/mol. The maximum absolute atomic E-state index is 9.29. The molecule has 2 aliphatic heterocycles. The summed E-state index contributed by atoms with van der Waals surface area (Å²) >= 11 is 0. The number of benzene rings is 2. The van der Waals surface area contributed by atoms with E-state index in [0.717, 1.165) is 55.2 Å². The molecular weight excluding hydrogens is 448 g/mol. The number of aliphatic hydroxyl groups is 1. The van der Waals surface area contributed by atoms with E-state index in [4.69, 9.17) is 10.2 Å². The summed E-state index contributed by atoms with van der Waals surface area (Å²) < 4.78 is 4.47. The van der Waals surface area contributed by atoms with Crippen LogP contribution < -0.4 is 10.2 Å². The molecule has 7 heteroatoms. The van der Waals surface area contributed by atoms with Crippen molar-refractivity contribution in [3.8, 4) is 34.4 Å². The molecule has 0 radical (unpaired) electrons. The summed E-state index contributed by atoms with van der Waals surface area (Å²) in [5.74, 6) is 1.52. The van der Waals surface area contributed by atoms with E-state index in [9.17, 15) is 5.11 Å². The number of nitrogens with zero attached hydrogens (tertiary/aromatic N) is 5. The van der Waals surface area contributed by atoms with Gasteiger partial charge in [0.15, 0.2) is 5.82 Å². The highest BCUT2D eigenvalue weighted by molar-refractivity contribution is 5.72. The molecule has 2 aliphatic rings. The van der Waals surface area contributed by atoms with E-state index in [1.54, 1.807) is 0 Å². The molecule has 182 valence electrons. The standard InChI is InChI=1S/C29H30N6O/c1-20(19-36)32-15-22-8-10-33(16-22)26-6-7-27-25(12-26)18-34-17-24(23-4-2-21(14-30)3-5-23)13-28(34)29-31-9-11-35(27)29/h2-7,9,11-13,17,20,22,32,36H,8,10,15-16,18-19H2,1H3/t20?,22-/m1/s1. The maximum Gasteiger partial charge on any atom is 0.161 e. The van der Waals surface area contributed by atoms with Gasteiger partial charge in [-0.25, -0.2) is 4.98 Å². The second kappa shape index (κ2) is 9.30. The summed E-state index contributed by atoms with van der Waals surface area (Å²) in [6.45, 7) is 5.97. The molecule has 4 aromatic rings. The molecule has 6 rings (SSSR count). The zero-order valence-corrected chi connectivity index (χ0v) is 20.4. The van der Waals surface area contributed by atoms with E-state index in [1.165, 1.54) is 16.9 Å². The number of rotatable bonds is 6. The van der Waals surface area contributed by atoms with Crippen LogP contribution in [0.2, 0.25) is 0 Å². The Morgan fingerprint density at radius 3 is 2.83 bits per heavy atom. The van der Waals surface area contributed by atoms with Gasteiger partial charge in [-0.1, -0.05) is 12.1 Å². The molecule has 2 N–H and O–H groups in total. The quantitative estimate of drug-likeness (QED) is 0.385. The van der Waals surface area contributed by atoms with Gasteiger partial charge in [0.05, 0.1) is 29.6 Å². The van der Waals surface area contributed by atoms with Gasteiger partial charge < -0.3 is 19.9 Å². The average Bonchev–Trinajstić information content (AvgIpc) is 3.66. The van der Waals surface area contributed by atoms with Crippen LogP contribution >= 0.6 is 0 Å². The van der Waals surface area contributed by atoms with Crippen molar-refractivity contribution < 1.29 is 5.11 Å². The summed E-state index contributed by atoms with van der Waals surface area (Å²) in [5.41, 5.74) is 7.66. The lowest BCUT2D eigenvalue weighted by molar-refractivity contribution is 0.247. The van der Waals surface area contributed by atoms with Crippen molar-refractivity contribution in [1.82, 2.24) is 19.4 Å². The van der Waals surface area contributed by atoms with Gasteiger partial charge in [0, 0.05) is 62.1 Å². The van der Waals surface area contributed by atoms with E-state index in [1.807, 2.05) is 43.6 Å². The van der Waals surface area contributed by atoms with Gasteiger partial charge in [0.25, 0.3) is 0 Å². The van der Waals surface area contributed by atoms with Crippen LogP contribution in [-0.2, 0) is 6.54 Å². The third kappa shape index (κ3) is 4.09. The summed E-state index contributed by atoms with van der Waals surface area (Å²) in [6, 6.07) is 19.1. The SMILES string of the molecule is CC(CO)NC[C@H]1CCN(c2ccc3c(c2)Cn2cc(-c4ccc(C#N)cc4)cc2-c2nccn2-3)C1. The first-order valence-corrected chi connectivity index (χ1v) is 12.6. The third-order valence-corrected chi connectivity index (χ3v) is 7.46. The smallest absolute Gasteiger partial charge is 0.161 e. The first-order chi connectivity index (χ1) is 17.6. The number of anilines is 1. The minimum Gasteiger partial charge on any atom is -0.395 e. The number of hydrogen-bond donors (Lipinski definition) is 2. The minimum absolute atomic E-state index is 0.140. The highest BCUT2D eigenvalue weighted by Crippen LogP contribution is 2.36. The van der Waals surface area contributed by atoms with Gasteiger partial charge in [-0.2, -0.15) is 5.26 Å². The van der Waals surface area contributed by atoms with Crippen molar-refractivity contribution in [2.45, 2.75) is 25.9 Å². The third-order valence-electron chi connectivity index (χ3n) is 7.46. The molecule has 0 spiro atoms. The Morgan fingerprint density at radius 1 is 1.17 bits per heavy atom. The van der Waals surface area contributed by atoms with Gasteiger partial charge in [-0.15, -0.1) is 0 Å². The molecule has 0 aliphatic carbocycles. The van der Waals surface area contributed by atoms with Gasteiger partial charge in [0.1, 0.15) is 0 Å². The minimum atomic E-state index is 0.140. The molecule has 2 aromatic heterocycles. The lowest BCUT2D eigenvalue weighted by Gasteiger charge is -2.21. The number of aliphatic hydroxyl groups excluding tert-OH is 1. The maximum atomic E-state index is 9.29. The fraction of sp³-hybridized carbons (Fsp3) is 0.310. The molecule has 1 fully saturated rings. The zero-order chi connectivity index (χ0) is 24.6. The Labute approximate surface area is 211 Å². The summed E-state index contributed by atoms with van der Waals surface area (Å²) in [5, 5.41) is 21.9. The van der Waals surface area contributed by atoms with Crippen LogP contribution in [-0.4, -0.2) is 51.5 Å². The molecule has 2 atom stereocenters. The summed E-state index contributed by atoms with van der Waals surface area (Å²) in [7, 11) is 0. The Balaban J connectivity index is 1.30. The Morgan fingerprint density at radius 2 is 2.03 bits per heavy atom. The second-order valence-electron chi connectivity index (χ2n) is 9.96. The first-order valence-electron chi connectivity index (χ1n) is 12.6. The van der Waals surface area contributed by atoms with Gasteiger partial charge in [0.2, 0.25) is 0 Å². The normalized spacial score (nSPS) is 17.1. The summed E-state index contributed by atoms with van der Waals surface area (Å²) in [4.78, 5) is 7.19. The number of imidazole rings is 1. The van der Waals surface area contributed by atoms with Crippen molar-refractivity contribution in [3.63, 3.8) is 0 Å². The lowest BCUT2D eigenvalue weighted by Crippen LogP contribution is -2.34. The van der Waals surface area contributed by atoms with E-state index in [-0.39, 0.29) is 12.6 Å². The van der Waals surface area contributed by atoms with Crippen molar-refractivity contribution in [2.24, 2.45) is 5.92 Å². The molecule has 1 unspecified atom stereocenters. The number of fused-ring (bicyclic) bond motifs is 5. The fourth-order valence-electron chi connectivity index (χ4n) is 5.39. The Kier molecular flexibility index (Phi) is 5.84. The first kappa shape index (κ1) is 22.6. The van der Waals surface area contributed by atoms with E-state index < -0.39 is 0 Å². The van der Waals surface area contributed by atoms with Crippen LogP contribution in [0.3, 0.4) is 0 Å². The largest absolute Gasteiger partial charge is 0.395 e. The molecule has 4 heterocycles. The number of aromatic nitrogens is 3. The summed E-state index contributed by atoms with van der Waals surface area (Å²) in [6.07, 6.45) is 7.25. The molecule has 0 amide bonds. The lowest BCUT2D eigenvalue weighted by atomic mass is 10.1. The number of nitrogens with one attached hydrogen (secondary N) is 1. The Hall–Kier alpha value is -3.86. The molecule has 0 saturated carbocycles. The van der Waals surface area contributed by atoms with Gasteiger partial charge in [-0.05, 0) is 66.8 Å². The molecular formula is C29H30N6O. The van der Waals surface area contributed by atoms with Crippen LogP contribution in [0.15, 0.2) is 67.1 Å². The van der Waals surface area contributed by atoms with Gasteiger partial charge in [-0.3, -0.25) is 4.57 Å². The molecule has 0 bridgehead atoms.